The number of hydrogen-bond acceptors (Lipinski definition) is 1. The molecule has 0 rings (SSSR count). The predicted octanol–water partition coefficient (Wildman–Crippen LogP) is 7.44. The Hall–Kier alpha value is -1.57. The number of allylic oxidation sites excluding steroid dienone is 8. The Balaban J connectivity index is 3.40. The SMILES string of the molecule is CCCCC/C=C\C/C=C\C/C=C\C/C=C\CCCCCC(=O)NCCC. The summed E-state index contributed by atoms with van der Waals surface area (Å²) in [6, 6.07) is 0. The third kappa shape index (κ3) is 22.4. The van der Waals surface area contributed by atoms with Gasteiger partial charge in [-0.2, -0.15) is 0 Å². The van der Waals surface area contributed by atoms with Crippen molar-refractivity contribution in [3.63, 3.8) is 0 Å². The number of amides is 1. The van der Waals surface area contributed by atoms with E-state index in [4.69, 9.17) is 0 Å². The molecule has 2 heteroatoms. The molecule has 0 aromatic rings. The molecule has 2 nitrogen and oxygen atoms in total. The Morgan fingerprint density at radius 2 is 1.15 bits per heavy atom. The van der Waals surface area contributed by atoms with Crippen molar-refractivity contribution in [1.29, 1.82) is 0 Å². The molecule has 0 saturated heterocycles. The predicted molar refractivity (Wildman–Crippen MR) is 121 cm³/mol. The van der Waals surface area contributed by atoms with Crippen molar-refractivity contribution < 1.29 is 4.79 Å². The van der Waals surface area contributed by atoms with Crippen LogP contribution in [0.4, 0.5) is 0 Å². The van der Waals surface area contributed by atoms with Crippen LogP contribution in [-0.2, 0) is 4.79 Å². The Labute approximate surface area is 168 Å². The lowest BCUT2D eigenvalue weighted by Gasteiger charge is -2.02. The van der Waals surface area contributed by atoms with Gasteiger partial charge in [-0.3, -0.25) is 4.79 Å². The van der Waals surface area contributed by atoms with Crippen molar-refractivity contribution in [2.24, 2.45) is 0 Å². The van der Waals surface area contributed by atoms with E-state index in [1.54, 1.807) is 0 Å². The van der Waals surface area contributed by atoms with Gasteiger partial charge < -0.3 is 5.32 Å². The van der Waals surface area contributed by atoms with Gasteiger partial charge in [0.25, 0.3) is 0 Å². The number of hydrogen-bond donors (Lipinski definition) is 1. The highest BCUT2D eigenvalue weighted by Gasteiger charge is 1.98. The van der Waals surface area contributed by atoms with Crippen molar-refractivity contribution >= 4 is 5.91 Å². The minimum absolute atomic E-state index is 0.203. The van der Waals surface area contributed by atoms with Crippen LogP contribution < -0.4 is 5.32 Å². The molecule has 27 heavy (non-hydrogen) atoms. The van der Waals surface area contributed by atoms with E-state index in [0.717, 1.165) is 51.5 Å². The van der Waals surface area contributed by atoms with Crippen molar-refractivity contribution in [2.45, 2.75) is 97.3 Å². The zero-order valence-electron chi connectivity index (χ0n) is 17.9. The van der Waals surface area contributed by atoms with E-state index in [1.165, 1.54) is 32.1 Å². The number of carbonyl (C=O) groups excluding carboxylic acids is 1. The first kappa shape index (κ1) is 25.4. The Kier molecular flexibility index (Phi) is 21.2. The van der Waals surface area contributed by atoms with Gasteiger partial charge in [0.2, 0.25) is 5.91 Å². The van der Waals surface area contributed by atoms with Crippen molar-refractivity contribution in [3.05, 3.63) is 48.6 Å². The van der Waals surface area contributed by atoms with Gasteiger partial charge in [-0.1, -0.05) is 81.7 Å². The average molecular weight is 374 g/mol. The summed E-state index contributed by atoms with van der Waals surface area (Å²) in [6.07, 6.45) is 32.5. The molecule has 0 fully saturated rings. The monoisotopic (exact) mass is 373 g/mol. The normalized spacial score (nSPS) is 12.2. The van der Waals surface area contributed by atoms with Crippen LogP contribution in [0.2, 0.25) is 0 Å². The van der Waals surface area contributed by atoms with E-state index >= 15 is 0 Å². The molecule has 0 aromatic heterocycles. The highest BCUT2D eigenvalue weighted by atomic mass is 16.1. The standard InChI is InChI=1S/C25H43NO/c1-3-5-6-7-8-9-10-11-12-13-14-15-16-17-18-19-20-21-22-23-25(27)26-24-4-2/h8-9,11-12,14-15,17-18H,3-7,10,13,16,19-24H2,1-2H3,(H,26,27)/b9-8-,12-11-,15-14-,18-17-. The van der Waals surface area contributed by atoms with Crippen molar-refractivity contribution in [2.75, 3.05) is 6.54 Å². The van der Waals surface area contributed by atoms with Gasteiger partial charge in [-0.15, -0.1) is 0 Å². The van der Waals surface area contributed by atoms with Crippen LogP contribution in [0.1, 0.15) is 97.3 Å². The van der Waals surface area contributed by atoms with Gasteiger partial charge in [0.15, 0.2) is 0 Å². The van der Waals surface area contributed by atoms with Gasteiger partial charge in [-0.25, -0.2) is 0 Å². The number of carbonyl (C=O) groups is 1. The molecule has 0 aliphatic rings. The molecule has 0 atom stereocenters. The first-order chi connectivity index (χ1) is 13.3. The second kappa shape index (κ2) is 22.5. The second-order valence-corrected chi connectivity index (χ2v) is 7.04. The van der Waals surface area contributed by atoms with Crippen LogP contribution in [0.15, 0.2) is 48.6 Å². The van der Waals surface area contributed by atoms with Crippen LogP contribution in [0, 0.1) is 0 Å². The zero-order valence-corrected chi connectivity index (χ0v) is 17.9. The number of rotatable bonds is 18. The first-order valence-electron chi connectivity index (χ1n) is 11.2. The van der Waals surface area contributed by atoms with Crippen LogP contribution in [-0.4, -0.2) is 12.5 Å². The molecular weight excluding hydrogens is 330 g/mol. The fourth-order valence-electron chi connectivity index (χ4n) is 2.64. The van der Waals surface area contributed by atoms with Gasteiger partial charge in [0.05, 0.1) is 0 Å². The molecule has 0 bridgehead atoms. The summed E-state index contributed by atoms with van der Waals surface area (Å²) in [4.78, 5) is 11.4. The molecule has 0 radical (unpaired) electrons. The lowest BCUT2D eigenvalue weighted by atomic mass is 10.1. The average Bonchev–Trinajstić information content (AvgIpc) is 2.68. The van der Waals surface area contributed by atoms with Crippen molar-refractivity contribution in [1.82, 2.24) is 5.32 Å². The van der Waals surface area contributed by atoms with E-state index in [1.807, 2.05) is 0 Å². The second-order valence-electron chi connectivity index (χ2n) is 7.04. The Morgan fingerprint density at radius 1 is 0.630 bits per heavy atom. The van der Waals surface area contributed by atoms with E-state index < -0.39 is 0 Å². The summed E-state index contributed by atoms with van der Waals surface area (Å²) in [5.41, 5.74) is 0. The van der Waals surface area contributed by atoms with Crippen molar-refractivity contribution in [3.8, 4) is 0 Å². The van der Waals surface area contributed by atoms with Crippen LogP contribution in [0.25, 0.3) is 0 Å². The largest absolute Gasteiger partial charge is 0.356 e. The maximum absolute atomic E-state index is 11.4. The summed E-state index contributed by atoms with van der Waals surface area (Å²) < 4.78 is 0. The van der Waals surface area contributed by atoms with Gasteiger partial charge in [0, 0.05) is 13.0 Å². The molecule has 0 spiro atoms. The highest BCUT2D eigenvalue weighted by Crippen LogP contribution is 2.04. The lowest BCUT2D eigenvalue weighted by Crippen LogP contribution is -2.23. The lowest BCUT2D eigenvalue weighted by molar-refractivity contribution is -0.121. The third-order valence-corrected chi connectivity index (χ3v) is 4.30. The summed E-state index contributed by atoms with van der Waals surface area (Å²) in [5, 5.41) is 2.92. The minimum Gasteiger partial charge on any atom is -0.356 e. The maximum Gasteiger partial charge on any atom is 0.219 e. The van der Waals surface area contributed by atoms with E-state index in [9.17, 15) is 4.79 Å². The van der Waals surface area contributed by atoms with E-state index in [-0.39, 0.29) is 5.91 Å². The van der Waals surface area contributed by atoms with Gasteiger partial charge in [-0.05, 0) is 57.8 Å². The van der Waals surface area contributed by atoms with Gasteiger partial charge >= 0.3 is 0 Å². The summed E-state index contributed by atoms with van der Waals surface area (Å²) in [5.74, 6) is 0.203. The van der Waals surface area contributed by atoms with Gasteiger partial charge in [0.1, 0.15) is 0 Å². The quantitative estimate of drug-likeness (QED) is 0.196. The third-order valence-electron chi connectivity index (χ3n) is 4.30. The van der Waals surface area contributed by atoms with Crippen LogP contribution in [0.5, 0.6) is 0 Å². The molecule has 0 aliphatic carbocycles. The summed E-state index contributed by atoms with van der Waals surface area (Å²) >= 11 is 0. The molecule has 1 N–H and O–H groups in total. The fraction of sp³-hybridized carbons (Fsp3) is 0.640. The van der Waals surface area contributed by atoms with E-state index in [2.05, 4.69) is 67.8 Å². The first-order valence-corrected chi connectivity index (χ1v) is 11.2. The molecule has 154 valence electrons. The summed E-state index contributed by atoms with van der Waals surface area (Å²) in [6.45, 7) is 5.13. The molecule has 0 heterocycles. The molecule has 0 unspecified atom stereocenters. The number of unbranched alkanes of at least 4 members (excludes halogenated alkanes) is 6. The molecule has 1 amide bonds. The smallest absolute Gasteiger partial charge is 0.219 e. The topological polar surface area (TPSA) is 29.1 Å². The zero-order chi connectivity index (χ0) is 19.8. The molecule has 0 aliphatic heterocycles. The molecule has 0 saturated carbocycles. The Bertz CT molecular complexity index is 432. The molecular formula is C25H43NO. The summed E-state index contributed by atoms with van der Waals surface area (Å²) in [7, 11) is 0. The maximum atomic E-state index is 11.4. The van der Waals surface area contributed by atoms with Crippen LogP contribution in [0.3, 0.4) is 0 Å². The van der Waals surface area contributed by atoms with Crippen LogP contribution >= 0.6 is 0 Å². The Morgan fingerprint density at radius 3 is 1.67 bits per heavy atom. The molecule has 0 aromatic carbocycles. The highest BCUT2D eigenvalue weighted by molar-refractivity contribution is 5.75. The fourth-order valence-corrected chi connectivity index (χ4v) is 2.64. The number of nitrogens with one attached hydrogen (secondary N) is 1. The minimum atomic E-state index is 0.203. The van der Waals surface area contributed by atoms with E-state index in [0.29, 0.717) is 6.42 Å².